The molecule has 112 valence electrons. The van der Waals surface area contributed by atoms with Crippen LogP contribution in [0.3, 0.4) is 0 Å². The second kappa shape index (κ2) is 5.32. The molecule has 0 aliphatic carbocycles. The minimum absolute atomic E-state index is 0.257. The zero-order valence-corrected chi connectivity index (χ0v) is 11.9. The number of fused-ring (bicyclic) bond motifs is 1. The first kappa shape index (κ1) is 13.1. The Morgan fingerprint density at radius 1 is 1.18 bits per heavy atom. The van der Waals surface area contributed by atoms with E-state index in [4.69, 9.17) is 0 Å². The van der Waals surface area contributed by atoms with Crippen molar-refractivity contribution in [2.75, 3.05) is 18.0 Å². The molecule has 0 saturated carbocycles. The van der Waals surface area contributed by atoms with Crippen molar-refractivity contribution >= 4 is 16.7 Å². The highest BCUT2D eigenvalue weighted by atomic mass is 19.1. The molecule has 1 aliphatic heterocycles. The minimum atomic E-state index is -0.283. The first-order valence-electron chi connectivity index (χ1n) is 7.32. The molecule has 3 heterocycles. The molecule has 1 N–H and O–H groups in total. The lowest BCUT2D eigenvalue weighted by Gasteiger charge is -2.33. The fourth-order valence-electron chi connectivity index (χ4n) is 3.10. The van der Waals surface area contributed by atoms with Crippen LogP contribution in [0.4, 0.5) is 10.2 Å². The summed E-state index contributed by atoms with van der Waals surface area (Å²) in [6.45, 7) is 1.60. The average Bonchev–Trinajstić information content (AvgIpc) is 3.09. The Labute approximate surface area is 126 Å². The smallest absolute Gasteiger partial charge is 0.142 e. The average molecular weight is 298 g/mol. The van der Waals surface area contributed by atoms with E-state index >= 15 is 0 Å². The molecule has 7 heteroatoms. The van der Waals surface area contributed by atoms with E-state index < -0.39 is 0 Å². The standard InChI is InChI=1S/C15H15FN6/c16-11-4-1-5-12-13(11)15(19-8-17-12)22-6-2-3-10(7-22)14-18-9-20-21-14/h1,4-5,8-10H,2-3,6-7H2,(H,18,20,21). The number of hydrogen-bond acceptors (Lipinski definition) is 5. The number of anilines is 1. The van der Waals surface area contributed by atoms with Crippen molar-refractivity contribution in [2.24, 2.45) is 0 Å². The molecular formula is C15H15FN6. The van der Waals surface area contributed by atoms with Crippen LogP contribution in [0.15, 0.2) is 30.9 Å². The predicted molar refractivity (Wildman–Crippen MR) is 80.1 cm³/mol. The zero-order chi connectivity index (χ0) is 14.9. The highest BCUT2D eigenvalue weighted by Gasteiger charge is 2.26. The lowest BCUT2D eigenvalue weighted by Crippen LogP contribution is -2.35. The Hall–Kier alpha value is -2.57. The molecule has 22 heavy (non-hydrogen) atoms. The van der Waals surface area contributed by atoms with Crippen molar-refractivity contribution in [3.63, 3.8) is 0 Å². The van der Waals surface area contributed by atoms with Gasteiger partial charge in [0, 0.05) is 19.0 Å². The number of H-pyrrole nitrogens is 1. The SMILES string of the molecule is Fc1cccc2ncnc(N3CCCC(c4ncn[nH]4)C3)c12. The zero-order valence-electron chi connectivity index (χ0n) is 11.9. The number of nitrogens with one attached hydrogen (secondary N) is 1. The van der Waals surface area contributed by atoms with Gasteiger partial charge in [-0.3, -0.25) is 5.10 Å². The van der Waals surface area contributed by atoms with Crippen LogP contribution in [-0.2, 0) is 0 Å². The van der Waals surface area contributed by atoms with Crippen molar-refractivity contribution in [3.8, 4) is 0 Å². The minimum Gasteiger partial charge on any atom is -0.355 e. The van der Waals surface area contributed by atoms with Crippen LogP contribution in [0.5, 0.6) is 0 Å². The maximum absolute atomic E-state index is 14.2. The first-order valence-corrected chi connectivity index (χ1v) is 7.32. The topological polar surface area (TPSA) is 70.6 Å². The highest BCUT2D eigenvalue weighted by Crippen LogP contribution is 2.31. The molecule has 6 nitrogen and oxygen atoms in total. The van der Waals surface area contributed by atoms with E-state index in [9.17, 15) is 4.39 Å². The molecule has 0 amide bonds. The summed E-state index contributed by atoms with van der Waals surface area (Å²) >= 11 is 0. The van der Waals surface area contributed by atoms with Crippen LogP contribution in [0.25, 0.3) is 10.9 Å². The number of nitrogens with zero attached hydrogens (tertiary/aromatic N) is 5. The third-order valence-electron chi connectivity index (χ3n) is 4.13. The van der Waals surface area contributed by atoms with Crippen LogP contribution in [0.1, 0.15) is 24.6 Å². The highest BCUT2D eigenvalue weighted by molar-refractivity contribution is 5.89. The Bertz CT molecular complexity index is 783. The third kappa shape index (κ3) is 2.18. The summed E-state index contributed by atoms with van der Waals surface area (Å²) < 4.78 is 14.2. The van der Waals surface area contributed by atoms with Crippen molar-refractivity contribution in [1.29, 1.82) is 0 Å². The number of aromatic nitrogens is 5. The van der Waals surface area contributed by atoms with Crippen LogP contribution < -0.4 is 4.90 Å². The summed E-state index contributed by atoms with van der Waals surface area (Å²) in [7, 11) is 0. The number of halogens is 1. The molecule has 1 aromatic carbocycles. The van der Waals surface area contributed by atoms with Crippen molar-refractivity contribution in [1.82, 2.24) is 25.1 Å². The van der Waals surface area contributed by atoms with Gasteiger partial charge < -0.3 is 4.90 Å². The van der Waals surface area contributed by atoms with E-state index in [1.54, 1.807) is 6.07 Å². The van der Waals surface area contributed by atoms with Crippen LogP contribution in [0, 0.1) is 5.82 Å². The molecule has 3 aromatic rings. The van der Waals surface area contributed by atoms with Crippen LogP contribution >= 0.6 is 0 Å². The van der Waals surface area contributed by atoms with Crippen molar-refractivity contribution in [3.05, 3.63) is 42.5 Å². The number of benzene rings is 1. The van der Waals surface area contributed by atoms with Gasteiger partial charge in [0.05, 0.1) is 10.9 Å². The first-order chi connectivity index (χ1) is 10.8. The van der Waals surface area contributed by atoms with E-state index in [0.29, 0.717) is 16.7 Å². The van der Waals surface area contributed by atoms with Gasteiger partial charge in [0.15, 0.2) is 0 Å². The molecule has 4 rings (SSSR count). The van der Waals surface area contributed by atoms with Gasteiger partial charge in [-0.15, -0.1) is 0 Å². The normalized spacial score (nSPS) is 18.8. The number of hydrogen-bond donors (Lipinski definition) is 1. The summed E-state index contributed by atoms with van der Waals surface area (Å²) in [5, 5.41) is 7.34. The van der Waals surface area contributed by atoms with Gasteiger partial charge in [-0.1, -0.05) is 6.07 Å². The van der Waals surface area contributed by atoms with E-state index in [1.807, 2.05) is 6.07 Å². The molecule has 0 radical (unpaired) electrons. The second-order valence-electron chi connectivity index (χ2n) is 5.49. The van der Waals surface area contributed by atoms with Crippen molar-refractivity contribution < 1.29 is 4.39 Å². The van der Waals surface area contributed by atoms with Crippen molar-refractivity contribution in [2.45, 2.75) is 18.8 Å². The summed E-state index contributed by atoms with van der Waals surface area (Å²) in [4.78, 5) is 14.9. The monoisotopic (exact) mass is 298 g/mol. The molecule has 1 unspecified atom stereocenters. The van der Waals surface area contributed by atoms with E-state index in [0.717, 1.165) is 31.8 Å². The van der Waals surface area contributed by atoms with Gasteiger partial charge in [0.25, 0.3) is 0 Å². The lowest BCUT2D eigenvalue weighted by atomic mass is 9.97. The summed E-state index contributed by atoms with van der Waals surface area (Å²) in [5.41, 5.74) is 0.631. The molecule has 1 aliphatic rings. The number of aromatic amines is 1. The van der Waals surface area contributed by atoms with Gasteiger partial charge in [0.2, 0.25) is 0 Å². The van der Waals surface area contributed by atoms with Gasteiger partial charge in [-0.2, -0.15) is 5.10 Å². The van der Waals surface area contributed by atoms with Gasteiger partial charge in [-0.05, 0) is 25.0 Å². The molecule has 1 atom stereocenters. The van der Waals surface area contributed by atoms with Gasteiger partial charge in [0.1, 0.15) is 30.1 Å². The fourth-order valence-corrected chi connectivity index (χ4v) is 3.10. The van der Waals surface area contributed by atoms with Gasteiger partial charge >= 0.3 is 0 Å². The van der Waals surface area contributed by atoms with Crippen LogP contribution in [-0.4, -0.2) is 38.2 Å². The third-order valence-corrected chi connectivity index (χ3v) is 4.13. The molecular weight excluding hydrogens is 283 g/mol. The predicted octanol–water partition coefficient (Wildman–Crippen LogP) is 2.27. The quantitative estimate of drug-likeness (QED) is 0.786. The maximum atomic E-state index is 14.2. The molecule has 0 spiro atoms. The Balaban J connectivity index is 1.72. The van der Waals surface area contributed by atoms with Gasteiger partial charge in [-0.25, -0.2) is 19.3 Å². The molecule has 0 bridgehead atoms. The fraction of sp³-hybridized carbons (Fsp3) is 0.333. The second-order valence-corrected chi connectivity index (χ2v) is 5.49. The Kier molecular flexibility index (Phi) is 3.17. The maximum Gasteiger partial charge on any atom is 0.142 e. The summed E-state index contributed by atoms with van der Waals surface area (Å²) in [5.74, 6) is 1.51. The van der Waals surface area contributed by atoms with E-state index in [2.05, 4.69) is 30.0 Å². The Morgan fingerprint density at radius 2 is 2.14 bits per heavy atom. The molecule has 1 saturated heterocycles. The van der Waals surface area contributed by atoms with Crippen LogP contribution in [0.2, 0.25) is 0 Å². The largest absolute Gasteiger partial charge is 0.355 e. The summed E-state index contributed by atoms with van der Waals surface area (Å²) in [6, 6.07) is 4.93. The van der Waals surface area contributed by atoms with E-state index in [-0.39, 0.29) is 11.7 Å². The number of rotatable bonds is 2. The van der Waals surface area contributed by atoms with E-state index in [1.165, 1.54) is 18.7 Å². The summed E-state index contributed by atoms with van der Waals surface area (Å²) in [6.07, 6.45) is 5.06. The number of piperidine rings is 1. The molecule has 2 aromatic heterocycles. The lowest BCUT2D eigenvalue weighted by molar-refractivity contribution is 0.490. The Morgan fingerprint density at radius 3 is 3.00 bits per heavy atom. The molecule has 1 fully saturated rings.